The summed E-state index contributed by atoms with van der Waals surface area (Å²) >= 11 is 0. The van der Waals surface area contributed by atoms with Crippen LogP contribution in [0.3, 0.4) is 0 Å². The molecule has 0 spiro atoms. The number of nitrogens with zero attached hydrogens (tertiary/aromatic N) is 2. The van der Waals surface area contributed by atoms with Crippen molar-refractivity contribution in [3.63, 3.8) is 0 Å². The van der Waals surface area contributed by atoms with Crippen LogP contribution < -0.4 is 15.0 Å². The molecule has 1 atom stereocenters. The lowest BCUT2D eigenvalue weighted by molar-refractivity contribution is -0.384. The highest BCUT2D eigenvalue weighted by molar-refractivity contribution is 6.04. The van der Waals surface area contributed by atoms with Crippen molar-refractivity contribution in [2.24, 2.45) is 5.92 Å². The first-order valence-electron chi connectivity index (χ1n) is 9.54. The van der Waals surface area contributed by atoms with E-state index in [0.29, 0.717) is 16.9 Å². The predicted molar refractivity (Wildman–Crippen MR) is 111 cm³/mol. The smallest absolute Gasteiger partial charge is 0.338 e. The van der Waals surface area contributed by atoms with Crippen LogP contribution in [0.2, 0.25) is 0 Å². The highest BCUT2D eigenvalue weighted by atomic mass is 16.6. The fourth-order valence-electron chi connectivity index (χ4n) is 3.27. The number of methoxy groups -OCH3 is 1. The van der Waals surface area contributed by atoms with Gasteiger partial charge >= 0.3 is 5.97 Å². The van der Waals surface area contributed by atoms with Crippen LogP contribution >= 0.6 is 0 Å². The third kappa shape index (κ3) is 4.80. The molecule has 1 heterocycles. The molecule has 2 aromatic carbocycles. The monoisotopic (exact) mass is 427 g/mol. The largest absolute Gasteiger partial charge is 0.494 e. The zero-order chi connectivity index (χ0) is 22.5. The summed E-state index contributed by atoms with van der Waals surface area (Å²) in [5.41, 5.74) is 1.06. The Kier molecular flexibility index (Phi) is 6.49. The fraction of sp³-hybridized carbons (Fsp3) is 0.286. The van der Waals surface area contributed by atoms with Crippen LogP contribution in [-0.2, 0) is 14.3 Å². The lowest BCUT2D eigenvalue weighted by atomic mass is 10.1. The number of amides is 2. The summed E-state index contributed by atoms with van der Waals surface area (Å²) in [7, 11) is 1.35. The maximum atomic E-state index is 12.7. The van der Waals surface area contributed by atoms with Gasteiger partial charge in [-0.05, 0) is 37.3 Å². The highest BCUT2D eigenvalue weighted by Gasteiger charge is 2.36. The van der Waals surface area contributed by atoms with E-state index in [-0.39, 0.29) is 42.8 Å². The van der Waals surface area contributed by atoms with Gasteiger partial charge in [0.2, 0.25) is 11.8 Å². The number of benzene rings is 2. The number of hydrogen-bond acceptors (Lipinski definition) is 7. The number of carbonyl (C=O) groups excluding carboxylic acids is 3. The third-order valence-electron chi connectivity index (χ3n) is 4.82. The molecule has 1 saturated heterocycles. The van der Waals surface area contributed by atoms with Crippen LogP contribution in [0.1, 0.15) is 23.7 Å². The number of rotatable bonds is 7. The van der Waals surface area contributed by atoms with Crippen molar-refractivity contribution in [2.75, 3.05) is 30.5 Å². The minimum Gasteiger partial charge on any atom is -0.494 e. The predicted octanol–water partition coefficient (Wildman–Crippen LogP) is 2.77. The Labute approximate surface area is 177 Å². The highest BCUT2D eigenvalue weighted by Crippen LogP contribution is 2.36. The summed E-state index contributed by atoms with van der Waals surface area (Å²) in [6.45, 7) is 2.09. The maximum Gasteiger partial charge on any atom is 0.338 e. The second-order valence-corrected chi connectivity index (χ2v) is 6.81. The van der Waals surface area contributed by atoms with E-state index in [1.807, 2.05) is 0 Å². The molecule has 1 N–H and O–H groups in total. The minimum absolute atomic E-state index is 0.00706. The second-order valence-electron chi connectivity index (χ2n) is 6.81. The number of hydrogen-bond donors (Lipinski definition) is 1. The van der Waals surface area contributed by atoms with Crippen molar-refractivity contribution in [3.8, 4) is 5.75 Å². The van der Waals surface area contributed by atoms with Gasteiger partial charge < -0.3 is 19.7 Å². The van der Waals surface area contributed by atoms with Crippen molar-refractivity contribution in [2.45, 2.75) is 13.3 Å². The zero-order valence-electron chi connectivity index (χ0n) is 17.0. The van der Waals surface area contributed by atoms with Gasteiger partial charge in [0, 0.05) is 24.7 Å². The minimum atomic E-state index is -0.614. The summed E-state index contributed by atoms with van der Waals surface area (Å²) in [6, 6.07) is 10.2. The number of nitrogens with one attached hydrogen (secondary N) is 1. The molecule has 0 unspecified atom stereocenters. The topological polar surface area (TPSA) is 128 Å². The van der Waals surface area contributed by atoms with Crippen LogP contribution in [0.5, 0.6) is 5.75 Å². The number of esters is 1. The number of nitro groups is 1. The lowest BCUT2D eigenvalue weighted by Gasteiger charge is -2.19. The van der Waals surface area contributed by atoms with Gasteiger partial charge in [-0.3, -0.25) is 19.7 Å². The molecule has 0 radical (unpaired) electrons. The average Bonchev–Trinajstić information content (AvgIpc) is 3.15. The van der Waals surface area contributed by atoms with Crippen LogP contribution in [0.25, 0.3) is 0 Å². The van der Waals surface area contributed by atoms with Gasteiger partial charge in [-0.2, -0.15) is 0 Å². The SMILES string of the molecule is CCOC(=O)c1ccc(NC(=O)[C@H]2CC(=O)N(c3ccc([N+](=O)[O-])cc3OC)C2)cc1. The van der Waals surface area contributed by atoms with E-state index in [2.05, 4.69) is 5.32 Å². The number of ether oxygens (including phenoxy) is 2. The first-order chi connectivity index (χ1) is 14.8. The molecule has 10 heteroatoms. The maximum absolute atomic E-state index is 12.7. The quantitative estimate of drug-likeness (QED) is 0.409. The van der Waals surface area contributed by atoms with Crippen LogP contribution in [0.4, 0.5) is 17.1 Å². The van der Waals surface area contributed by atoms with E-state index in [9.17, 15) is 24.5 Å². The van der Waals surface area contributed by atoms with Gasteiger partial charge in [0.1, 0.15) is 5.75 Å². The third-order valence-corrected chi connectivity index (χ3v) is 4.82. The molecule has 31 heavy (non-hydrogen) atoms. The van der Waals surface area contributed by atoms with Gasteiger partial charge in [-0.25, -0.2) is 4.79 Å². The Morgan fingerprint density at radius 2 is 1.94 bits per heavy atom. The number of non-ortho nitro benzene ring substituents is 1. The van der Waals surface area contributed by atoms with Gasteiger partial charge in [0.05, 0.1) is 41.9 Å². The number of carbonyl (C=O) groups is 3. The standard InChI is InChI=1S/C21H21N3O7/c1-3-31-21(27)13-4-6-15(7-5-13)22-20(26)14-10-19(25)23(12-14)17-9-8-16(24(28)29)11-18(17)30-2/h4-9,11,14H,3,10,12H2,1-2H3,(H,22,26)/t14-/m0/s1. The van der Waals surface area contributed by atoms with E-state index in [1.165, 1.54) is 30.2 Å². The molecule has 2 amide bonds. The van der Waals surface area contributed by atoms with Crippen LogP contribution in [0.15, 0.2) is 42.5 Å². The van der Waals surface area contributed by atoms with E-state index >= 15 is 0 Å². The first-order valence-corrected chi connectivity index (χ1v) is 9.54. The second kappa shape index (κ2) is 9.24. The van der Waals surface area contributed by atoms with Gasteiger partial charge in [-0.1, -0.05) is 0 Å². The van der Waals surface area contributed by atoms with Crippen molar-refractivity contribution < 1.29 is 28.8 Å². The van der Waals surface area contributed by atoms with E-state index in [0.717, 1.165) is 0 Å². The Hall–Kier alpha value is -3.95. The summed E-state index contributed by atoms with van der Waals surface area (Å²) in [5, 5.41) is 13.7. The van der Waals surface area contributed by atoms with Crippen molar-refractivity contribution in [1.29, 1.82) is 0 Å². The molecular formula is C21H21N3O7. The molecule has 2 aromatic rings. The van der Waals surface area contributed by atoms with Crippen molar-refractivity contribution in [3.05, 3.63) is 58.1 Å². The normalized spacial score (nSPS) is 15.5. The Balaban J connectivity index is 1.69. The molecule has 10 nitrogen and oxygen atoms in total. The Morgan fingerprint density at radius 3 is 2.55 bits per heavy atom. The Morgan fingerprint density at radius 1 is 1.23 bits per heavy atom. The zero-order valence-corrected chi connectivity index (χ0v) is 17.0. The molecule has 0 bridgehead atoms. The summed E-state index contributed by atoms with van der Waals surface area (Å²) in [6.07, 6.45) is -0.00706. The average molecular weight is 427 g/mol. The Bertz CT molecular complexity index is 1020. The summed E-state index contributed by atoms with van der Waals surface area (Å²) in [4.78, 5) is 48.7. The molecule has 0 aliphatic carbocycles. The number of nitro benzene ring substituents is 1. The van der Waals surface area contributed by atoms with Crippen LogP contribution in [0, 0.1) is 16.0 Å². The molecule has 162 valence electrons. The van der Waals surface area contributed by atoms with Crippen LogP contribution in [-0.4, -0.2) is 43.0 Å². The summed E-state index contributed by atoms with van der Waals surface area (Å²) in [5.74, 6) is -1.52. The number of anilines is 2. The van der Waals surface area contributed by atoms with E-state index < -0.39 is 16.8 Å². The van der Waals surface area contributed by atoms with E-state index in [4.69, 9.17) is 9.47 Å². The molecular weight excluding hydrogens is 406 g/mol. The van der Waals surface area contributed by atoms with E-state index in [1.54, 1.807) is 31.2 Å². The van der Waals surface area contributed by atoms with Crippen molar-refractivity contribution in [1.82, 2.24) is 0 Å². The molecule has 0 aromatic heterocycles. The first kappa shape index (κ1) is 21.8. The fourth-order valence-corrected chi connectivity index (χ4v) is 3.27. The summed E-state index contributed by atoms with van der Waals surface area (Å²) < 4.78 is 10.1. The van der Waals surface area contributed by atoms with Gasteiger partial charge in [-0.15, -0.1) is 0 Å². The van der Waals surface area contributed by atoms with Crippen molar-refractivity contribution >= 4 is 34.8 Å². The molecule has 3 rings (SSSR count). The van der Waals surface area contributed by atoms with Gasteiger partial charge in [0.25, 0.3) is 5.69 Å². The molecule has 0 saturated carbocycles. The molecule has 1 aliphatic rings. The van der Waals surface area contributed by atoms with Gasteiger partial charge in [0.15, 0.2) is 0 Å². The lowest BCUT2D eigenvalue weighted by Crippen LogP contribution is -2.28. The molecule has 1 fully saturated rings. The molecule has 1 aliphatic heterocycles.